The lowest BCUT2D eigenvalue weighted by atomic mass is 10.1. The highest BCUT2D eigenvalue weighted by Crippen LogP contribution is 2.31. The molecule has 0 bridgehead atoms. The lowest BCUT2D eigenvalue weighted by Crippen LogP contribution is -1.87. The van der Waals surface area contributed by atoms with Gasteiger partial charge in [-0.15, -0.1) is 17.8 Å². The van der Waals surface area contributed by atoms with Crippen LogP contribution < -0.4 is 4.74 Å². The van der Waals surface area contributed by atoms with Crippen LogP contribution in [0.15, 0.2) is 30.3 Å². The molecule has 0 atom stereocenters. The molecule has 0 N–H and O–H groups in total. The molecule has 1 aromatic heterocycles. The van der Waals surface area contributed by atoms with Crippen molar-refractivity contribution in [3.63, 3.8) is 0 Å². The Morgan fingerprint density at radius 2 is 2.06 bits per heavy atom. The fourth-order valence-corrected chi connectivity index (χ4v) is 2.42. The van der Waals surface area contributed by atoms with E-state index in [9.17, 15) is 0 Å². The number of rotatable bonds is 2. The van der Waals surface area contributed by atoms with Crippen LogP contribution in [-0.2, 0) is 0 Å². The Morgan fingerprint density at radius 3 is 2.62 bits per heavy atom. The molecule has 1 aromatic carbocycles. The van der Waals surface area contributed by atoms with E-state index in [4.69, 9.17) is 11.2 Å². The fraction of sp³-hybridized carbons (Fsp3) is 0.143. The molecule has 16 heavy (non-hydrogen) atoms. The maximum atomic E-state index is 5.39. The molecule has 0 fully saturated rings. The van der Waals surface area contributed by atoms with Crippen molar-refractivity contribution >= 4 is 11.3 Å². The summed E-state index contributed by atoms with van der Waals surface area (Å²) in [6.07, 6.45) is 5.39. The van der Waals surface area contributed by atoms with E-state index in [1.165, 1.54) is 9.75 Å². The van der Waals surface area contributed by atoms with Gasteiger partial charge in [-0.2, -0.15) is 0 Å². The van der Waals surface area contributed by atoms with Gasteiger partial charge in [-0.3, -0.25) is 0 Å². The Morgan fingerprint density at radius 1 is 1.25 bits per heavy atom. The fourth-order valence-electron chi connectivity index (χ4n) is 1.55. The van der Waals surface area contributed by atoms with Gasteiger partial charge < -0.3 is 4.74 Å². The Kier molecular flexibility index (Phi) is 2.98. The second-order valence-corrected chi connectivity index (χ2v) is 4.76. The summed E-state index contributed by atoms with van der Waals surface area (Å²) >= 11 is 1.77. The number of ether oxygens (including phenoxy) is 1. The molecular formula is C14H12OS. The molecule has 0 spiro atoms. The Hall–Kier alpha value is -1.72. The number of thiophene rings is 1. The van der Waals surface area contributed by atoms with E-state index in [-0.39, 0.29) is 0 Å². The number of hydrogen-bond acceptors (Lipinski definition) is 2. The van der Waals surface area contributed by atoms with Crippen molar-refractivity contribution < 1.29 is 4.74 Å². The third kappa shape index (κ3) is 1.95. The second kappa shape index (κ2) is 4.42. The highest BCUT2D eigenvalue weighted by molar-refractivity contribution is 7.15. The zero-order valence-corrected chi connectivity index (χ0v) is 10.1. The van der Waals surface area contributed by atoms with Crippen LogP contribution in [-0.4, -0.2) is 7.11 Å². The summed E-state index contributed by atoms with van der Waals surface area (Å²) in [5.41, 5.74) is 1.94. The van der Waals surface area contributed by atoms with Crippen LogP contribution >= 0.6 is 11.3 Å². The van der Waals surface area contributed by atoms with E-state index >= 15 is 0 Å². The normalized spacial score (nSPS) is 9.81. The minimum absolute atomic E-state index is 0.756. The average Bonchev–Trinajstić information content (AvgIpc) is 2.75. The van der Waals surface area contributed by atoms with Gasteiger partial charge in [-0.05, 0) is 36.8 Å². The maximum absolute atomic E-state index is 5.39. The van der Waals surface area contributed by atoms with Crippen molar-refractivity contribution in [2.24, 2.45) is 0 Å². The molecular weight excluding hydrogens is 216 g/mol. The number of aryl methyl sites for hydroxylation is 1. The quantitative estimate of drug-likeness (QED) is 0.712. The van der Waals surface area contributed by atoms with Gasteiger partial charge in [-0.1, -0.05) is 12.0 Å². The number of hydrogen-bond donors (Lipinski definition) is 0. The Labute approximate surface area is 99.7 Å². The van der Waals surface area contributed by atoms with Crippen LogP contribution in [0.4, 0.5) is 0 Å². The SMILES string of the molecule is C#Cc1ccc(-c2ccc(C)s2)cc1OC. The summed E-state index contributed by atoms with van der Waals surface area (Å²) in [6, 6.07) is 10.2. The minimum atomic E-state index is 0.756. The predicted octanol–water partition coefficient (Wildman–Crippen LogP) is 3.71. The minimum Gasteiger partial charge on any atom is -0.495 e. The van der Waals surface area contributed by atoms with E-state index in [1.54, 1.807) is 18.4 Å². The first-order chi connectivity index (χ1) is 7.74. The molecule has 1 nitrogen and oxygen atoms in total. The molecule has 0 radical (unpaired) electrons. The average molecular weight is 228 g/mol. The van der Waals surface area contributed by atoms with E-state index in [1.807, 2.05) is 18.2 Å². The molecule has 0 saturated heterocycles. The molecule has 0 aliphatic rings. The summed E-state index contributed by atoms with van der Waals surface area (Å²) in [6.45, 7) is 2.10. The van der Waals surface area contributed by atoms with Crippen LogP contribution in [0.2, 0.25) is 0 Å². The number of terminal acetylenes is 1. The van der Waals surface area contributed by atoms with Gasteiger partial charge in [0.1, 0.15) is 5.75 Å². The van der Waals surface area contributed by atoms with Crippen LogP contribution in [0.5, 0.6) is 5.75 Å². The van der Waals surface area contributed by atoms with Gasteiger partial charge in [0, 0.05) is 9.75 Å². The Balaban J connectivity index is 2.48. The highest BCUT2D eigenvalue weighted by Gasteiger charge is 2.05. The molecule has 2 heteroatoms. The second-order valence-electron chi connectivity index (χ2n) is 3.47. The van der Waals surface area contributed by atoms with Crippen molar-refractivity contribution in [1.29, 1.82) is 0 Å². The first-order valence-corrected chi connectivity index (χ1v) is 5.77. The number of benzene rings is 1. The van der Waals surface area contributed by atoms with Crippen LogP contribution in [0, 0.1) is 19.3 Å². The molecule has 2 aromatic rings. The first kappa shape index (κ1) is 10.8. The van der Waals surface area contributed by atoms with Crippen molar-refractivity contribution in [3.05, 3.63) is 40.8 Å². The van der Waals surface area contributed by atoms with Gasteiger partial charge in [0.25, 0.3) is 0 Å². The molecule has 2 rings (SSSR count). The smallest absolute Gasteiger partial charge is 0.135 e. The molecule has 0 amide bonds. The molecule has 0 unspecified atom stereocenters. The summed E-state index contributed by atoms with van der Waals surface area (Å²) in [7, 11) is 1.64. The predicted molar refractivity (Wildman–Crippen MR) is 69.0 cm³/mol. The van der Waals surface area contributed by atoms with Crippen molar-refractivity contribution in [1.82, 2.24) is 0 Å². The van der Waals surface area contributed by atoms with Crippen LogP contribution in [0.3, 0.4) is 0 Å². The monoisotopic (exact) mass is 228 g/mol. The first-order valence-electron chi connectivity index (χ1n) is 4.96. The molecule has 0 aliphatic carbocycles. The van der Waals surface area contributed by atoms with E-state index in [2.05, 4.69) is 25.0 Å². The van der Waals surface area contributed by atoms with Crippen LogP contribution in [0.25, 0.3) is 10.4 Å². The third-order valence-electron chi connectivity index (χ3n) is 2.38. The summed E-state index contributed by atoms with van der Waals surface area (Å²) < 4.78 is 5.27. The van der Waals surface area contributed by atoms with E-state index < -0.39 is 0 Å². The van der Waals surface area contributed by atoms with Gasteiger partial charge >= 0.3 is 0 Å². The number of methoxy groups -OCH3 is 1. The lowest BCUT2D eigenvalue weighted by molar-refractivity contribution is 0.414. The highest BCUT2D eigenvalue weighted by atomic mass is 32.1. The third-order valence-corrected chi connectivity index (χ3v) is 3.43. The van der Waals surface area contributed by atoms with Crippen molar-refractivity contribution in [2.45, 2.75) is 6.92 Å². The zero-order valence-electron chi connectivity index (χ0n) is 9.28. The van der Waals surface area contributed by atoms with Gasteiger partial charge in [0.05, 0.1) is 12.7 Å². The lowest BCUT2D eigenvalue weighted by Gasteiger charge is -2.05. The van der Waals surface area contributed by atoms with Crippen LogP contribution in [0.1, 0.15) is 10.4 Å². The largest absolute Gasteiger partial charge is 0.495 e. The topological polar surface area (TPSA) is 9.23 Å². The van der Waals surface area contributed by atoms with Gasteiger partial charge in [-0.25, -0.2) is 0 Å². The summed E-state index contributed by atoms with van der Waals surface area (Å²) in [5, 5.41) is 0. The van der Waals surface area contributed by atoms with Crippen molar-refractivity contribution in [3.8, 4) is 28.5 Å². The van der Waals surface area contributed by atoms with Gasteiger partial charge in [0.15, 0.2) is 0 Å². The maximum Gasteiger partial charge on any atom is 0.135 e. The van der Waals surface area contributed by atoms with E-state index in [0.717, 1.165) is 16.9 Å². The van der Waals surface area contributed by atoms with Crippen molar-refractivity contribution in [2.75, 3.05) is 7.11 Å². The molecule has 0 saturated carbocycles. The van der Waals surface area contributed by atoms with Gasteiger partial charge in [0.2, 0.25) is 0 Å². The molecule has 0 aliphatic heterocycles. The molecule has 80 valence electrons. The molecule has 1 heterocycles. The Bertz CT molecular complexity index is 546. The summed E-state index contributed by atoms with van der Waals surface area (Å²) in [4.78, 5) is 2.54. The zero-order chi connectivity index (χ0) is 11.5. The standard InChI is InChI=1S/C14H12OS/c1-4-11-6-7-12(9-13(11)15-3)14-8-5-10(2)16-14/h1,5-9H,2-3H3. The summed E-state index contributed by atoms with van der Waals surface area (Å²) in [5.74, 6) is 3.36. The van der Waals surface area contributed by atoms with E-state index in [0.29, 0.717) is 0 Å².